The van der Waals surface area contributed by atoms with Crippen molar-refractivity contribution < 1.29 is 9.84 Å². The third-order valence-electron chi connectivity index (χ3n) is 1.07. The summed E-state index contributed by atoms with van der Waals surface area (Å²) >= 11 is 0. The van der Waals surface area contributed by atoms with Gasteiger partial charge in [0.05, 0.1) is 14.3 Å². The van der Waals surface area contributed by atoms with Gasteiger partial charge in [-0.3, -0.25) is 0 Å². The SMILES string of the molecule is CC(C)=C(O)OC[Si](C)(C)C. The molecular weight excluding hydrogens is 156 g/mol. The molecule has 0 aliphatic heterocycles. The molecule has 3 heteroatoms. The Morgan fingerprint density at radius 2 is 1.73 bits per heavy atom. The molecule has 0 fully saturated rings. The van der Waals surface area contributed by atoms with Crippen molar-refractivity contribution in [2.24, 2.45) is 0 Å². The van der Waals surface area contributed by atoms with Crippen molar-refractivity contribution >= 4 is 8.07 Å². The van der Waals surface area contributed by atoms with Crippen molar-refractivity contribution in [3.05, 3.63) is 11.5 Å². The molecule has 0 aromatic rings. The van der Waals surface area contributed by atoms with Crippen LogP contribution in [0.15, 0.2) is 11.5 Å². The van der Waals surface area contributed by atoms with Crippen LogP contribution >= 0.6 is 0 Å². The first-order valence-electron chi connectivity index (χ1n) is 3.82. The fourth-order valence-corrected chi connectivity index (χ4v) is 0.999. The van der Waals surface area contributed by atoms with Gasteiger partial charge in [-0.2, -0.15) is 0 Å². The Bertz CT molecular complexity index is 152. The topological polar surface area (TPSA) is 29.5 Å². The molecule has 11 heavy (non-hydrogen) atoms. The van der Waals surface area contributed by atoms with Crippen molar-refractivity contribution in [1.29, 1.82) is 0 Å². The molecule has 0 saturated carbocycles. The van der Waals surface area contributed by atoms with Gasteiger partial charge in [-0.1, -0.05) is 19.6 Å². The van der Waals surface area contributed by atoms with Gasteiger partial charge in [0.15, 0.2) is 0 Å². The van der Waals surface area contributed by atoms with Crippen LogP contribution in [0.4, 0.5) is 0 Å². The minimum atomic E-state index is -1.18. The van der Waals surface area contributed by atoms with Crippen molar-refractivity contribution in [2.75, 3.05) is 6.23 Å². The van der Waals surface area contributed by atoms with Crippen LogP contribution in [0.5, 0.6) is 0 Å². The number of aliphatic hydroxyl groups is 1. The molecule has 0 unspecified atom stereocenters. The fraction of sp³-hybridized carbons (Fsp3) is 0.750. The van der Waals surface area contributed by atoms with E-state index in [0.717, 1.165) is 5.57 Å². The second-order valence-corrected chi connectivity index (χ2v) is 9.56. The summed E-state index contributed by atoms with van der Waals surface area (Å²) in [6.45, 7) is 10.3. The first-order valence-corrected chi connectivity index (χ1v) is 7.53. The van der Waals surface area contributed by atoms with Crippen molar-refractivity contribution in [3.63, 3.8) is 0 Å². The summed E-state index contributed by atoms with van der Waals surface area (Å²) in [6.07, 6.45) is 0.685. The highest BCUT2D eigenvalue weighted by Crippen LogP contribution is 2.06. The predicted molar refractivity (Wildman–Crippen MR) is 50.3 cm³/mol. The zero-order chi connectivity index (χ0) is 9.07. The van der Waals surface area contributed by atoms with Gasteiger partial charge in [-0.15, -0.1) is 0 Å². The molecule has 0 amide bonds. The lowest BCUT2D eigenvalue weighted by atomic mass is 10.4. The van der Waals surface area contributed by atoms with Crippen LogP contribution in [0, 0.1) is 0 Å². The maximum absolute atomic E-state index is 9.17. The summed E-state index contributed by atoms with van der Waals surface area (Å²) in [5.74, 6) is 0.0902. The summed E-state index contributed by atoms with van der Waals surface area (Å²) < 4.78 is 5.16. The van der Waals surface area contributed by atoms with Crippen LogP contribution < -0.4 is 0 Å². The predicted octanol–water partition coefficient (Wildman–Crippen LogP) is 2.69. The summed E-state index contributed by atoms with van der Waals surface area (Å²) in [6, 6.07) is 0. The molecular formula is C8H18O2Si. The quantitative estimate of drug-likeness (QED) is 0.526. The summed E-state index contributed by atoms with van der Waals surface area (Å²) in [7, 11) is -1.18. The highest BCUT2D eigenvalue weighted by atomic mass is 28.3. The van der Waals surface area contributed by atoms with E-state index in [9.17, 15) is 0 Å². The van der Waals surface area contributed by atoms with Gasteiger partial charge in [0, 0.05) is 5.57 Å². The number of hydrogen-bond donors (Lipinski definition) is 1. The van der Waals surface area contributed by atoms with Gasteiger partial charge in [0.2, 0.25) is 0 Å². The lowest BCUT2D eigenvalue weighted by Crippen LogP contribution is -2.28. The number of ether oxygens (including phenoxy) is 1. The Balaban J connectivity index is 3.82. The maximum atomic E-state index is 9.17. The van der Waals surface area contributed by atoms with E-state index in [2.05, 4.69) is 19.6 Å². The van der Waals surface area contributed by atoms with E-state index in [1.807, 2.05) is 13.8 Å². The van der Waals surface area contributed by atoms with Gasteiger partial charge >= 0.3 is 0 Å². The van der Waals surface area contributed by atoms with Gasteiger partial charge in [-0.25, -0.2) is 0 Å². The minimum Gasteiger partial charge on any atom is -0.481 e. The van der Waals surface area contributed by atoms with E-state index >= 15 is 0 Å². The second-order valence-electron chi connectivity index (χ2n) is 4.15. The van der Waals surface area contributed by atoms with Crippen LogP contribution in [-0.2, 0) is 4.74 Å². The molecule has 0 atom stereocenters. The van der Waals surface area contributed by atoms with E-state index in [1.165, 1.54) is 0 Å². The van der Waals surface area contributed by atoms with Crippen LogP contribution in [0.2, 0.25) is 19.6 Å². The molecule has 66 valence electrons. The molecule has 1 N–H and O–H groups in total. The van der Waals surface area contributed by atoms with Gasteiger partial charge in [-0.05, 0) is 13.8 Å². The molecule has 0 aliphatic rings. The Morgan fingerprint density at radius 3 is 2.00 bits per heavy atom. The normalized spacial score (nSPS) is 11.0. The Kier molecular flexibility index (Phi) is 3.65. The molecule has 0 spiro atoms. The summed E-state index contributed by atoms with van der Waals surface area (Å²) in [5.41, 5.74) is 0.836. The van der Waals surface area contributed by atoms with Crippen LogP contribution in [0.25, 0.3) is 0 Å². The van der Waals surface area contributed by atoms with Crippen molar-refractivity contribution in [2.45, 2.75) is 33.5 Å². The van der Waals surface area contributed by atoms with E-state index < -0.39 is 8.07 Å². The van der Waals surface area contributed by atoms with Crippen LogP contribution in [-0.4, -0.2) is 19.4 Å². The third-order valence-corrected chi connectivity index (χ3v) is 2.08. The average molecular weight is 174 g/mol. The van der Waals surface area contributed by atoms with E-state index in [1.54, 1.807) is 0 Å². The molecule has 0 rings (SSSR count). The zero-order valence-electron chi connectivity index (χ0n) is 8.06. The lowest BCUT2D eigenvalue weighted by molar-refractivity contribution is 0.115. The molecule has 0 aliphatic carbocycles. The van der Waals surface area contributed by atoms with Gasteiger partial charge in [0.25, 0.3) is 5.95 Å². The number of rotatable bonds is 3. The highest BCUT2D eigenvalue weighted by Gasteiger charge is 2.14. The first kappa shape index (κ1) is 10.6. The van der Waals surface area contributed by atoms with E-state index in [-0.39, 0.29) is 5.95 Å². The average Bonchev–Trinajstić information content (AvgIpc) is 1.80. The standard InChI is InChI=1S/C8H18O2Si/c1-7(2)8(9)10-6-11(3,4)5/h9H,6H2,1-5H3. The summed E-state index contributed by atoms with van der Waals surface area (Å²) in [5, 5.41) is 9.17. The Morgan fingerprint density at radius 1 is 1.27 bits per heavy atom. The molecule has 2 nitrogen and oxygen atoms in total. The van der Waals surface area contributed by atoms with Crippen molar-refractivity contribution in [1.82, 2.24) is 0 Å². The molecule has 0 radical (unpaired) electrons. The monoisotopic (exact) mass is 174 g/mol. The number of aliphatic hydroxyl groups excluding tert-OH is 1. The maximum Gasteiger partial charge on any atom is 0.274 e. The fourth-order valence-electron chi connectivity index (χ4n) is 0.429. The van der Waals surface area contributed by atoms with Crippen LogP contribution in [0.3, 0.4) is 0 Å². The van der Waals surface area contributed by atoms with Gasteiger partial charge < -0.3 is 9.84 Å². The molecule has 0 aromatic heterocycles. The second kappa shape index (κ2) is 3.81. The molecule has 0 saturated heterocycles. The Labute approximate surface area is 69.9 Å². The van der Waals surface area contributed by atoms with E-state index in [0.29, 0.717) is 6.23 Å². The number of allylic oxidation sites excluding steroid dienone is 1. The smallest absolute Gasteiger partial charge is 0.274 e. The minimum absolute atomic E-state index is 0.0902. The van der Waals surface area contributed by atoms with Crippen molar-refractivity contribution in [3.8, 4) is 0 Å². The van der Waals surface area contributed by atoms with Crippen LogP contribution in [0.1, 0.15) is 13.8 Å². The largest absolute Gasteiger partial charge is 0.481 e. The van der Waals surface area contributed by atoms with Gasteiger partial charge in [0.1, 0.15) is 0 Å². The molecule has 0 bridgehead atoms. The third kappa shape index (κ3) is 5.98. The molecule has 0 aromatic carbocycles. The van der Waals surface area contributed by atoms with E-state index in [4.69, 9.17) is 9.84 Å². The highest BCUT2D eigenvalue weighted by molar-refractivity contribution is 6.76. The Hall–Kier alpha value is -0.443. The molecule has 0 heterocycles. The first-order chi connectivity index (χ1) is 4.83. The lowest BCUT2D eigenvalue weighted by Gasteiger charge is -2.16. The zero-order valence-corrected chi connectivity index (χ0v) is 9.06. The summed E-state index contributed by atoms with van der Waals surface area (Å²) in [4.78, 5) is 0. The number of hydrogen-bond acceptors (Lipinski definition) is 2.